The summed E-state index contributed by atoms with van der Waals surface area (Å²) < 4.78 is 0. The van der Waals surface area contributed by atoms with Gasteiger partial charge in [-0.25, -0.2) is 4.79 Å². The Kier molecular flexibility index (Phi) is 3.84. The van der Waals surface area contributed by atoms with E-state index in [0.717, 1.165) is 43.4 Å². The maximum absolute atomic E-state index is 12.4. The number of urea groups is 1. The van der Waals surface area contributed by atoms with Crippen molar-refractivity contribution >= 4 is 17.8 Å². The van der Waals surface area contributed by atoms with Gasteiger partial charge in [-0.2, -0.15) is 0 Å². The van der Waals surface area contributed by atoms with Crippen LogP contribution in [0.3, 0.4) is 0 Å². The second-order valence-corrected chi connectivity index (χ2v) is 6.98. The first-order valence-corrected chi connectivity index (χ1v) is 8.09. The first-order chi connectivity index (χ1) is 10.4. The molecule has 22 heavy (non-hydrogen) atoms. The molecule has 1 heterocycles. The molecule has 3 fully saturated rings. The topological polar surface area (TPSA) is 105 Å². The highest BCUT2D eigenvalue weighted by atomic mass is 16.2. The maximum Gasteiger partial charge on any atom is 0.325 e. The van der Waals surface area contributed by atoms with E-state index in [-0.39, 0.29) is 36.4 Å². The number of rotatable bonds is 4. The van der Waals surface area contributed by atoms with Crippen LogP contribution < -0.4 is 16.4 Å². The smallest absolute Gasteiger partial charge is 0.325 e. The van der Waals surface area contributed by atoms with E-state index in [9.17, 15) is 14.4 Å². The van der Waals surface area contributed by atoms with Gasteiger partial charge in [0, 0.05) is 12.1 Å². The van der Waals surface area contributed by atoms with Gasteiger partial charge in [0.05, 0.1) is 0 Å². The molecule has 4 N–H and O–H groups in total. The molecular weight excluding hydrogens is 284 g/mol. The molecule has 7 heteroatoms. The fourth-order valence-corrected chi connectivity index (χ4v) is 3.48. The molecule has 1 atom stereocenters. The molecule has 0 bridgehead atoms. The van der Waals surface area contributed by atoms with E-state index >= 15 is 0 Å². The number of hydrogen-bond acceptors (Lipinski definition) is 4. The van der Waals surface area contributed by atoms with Crippen LogP contribution in [0.4, 0.5) is 4.79 Å². The van der Waals surface area contributed by atoms with Crippen LogP contribution in [-0.4, -0.2) is 46.9 Å². The summed E-state index contributed by atoms with van der Waals surface area (Å²) in [5, 5.41) is 5.66. The Hall–Kier alpha value is -1.63. The molecule has 122 valence electrons. The van der Waals surface area contributed by atoms with Gasteiger partial charge in [0.2, 0.25) is 5.91 Å². The van der Waals surface area contributed by atoms with Crippen molar-refractivity contribution in [3.8, 4) is 0 Å². The largest absolute Gasteiger partial charge is 0.352 e. The van der Waals surface area contributed by atoms with Gasteiger partial charge >= 0.3 is 6.03 Å². The van der Waals surface area contributed by atoms with Crippen LogP contribution in [0.1, 0.15) is 45.4 Å². The third-order valence-corrected chi connectivity index (χ3v) is 5.13. The Morgan fingerprint density at radius 2 is 1.91 bits per heavy atom. The Morgan fingerprint density at radius 3 is 2.50 bits per heavy atom. The Balaban J connectivity index is 1.55. The van der Waals surface area contributed by atoms with Gasteiger partial charge < -0.3 is 16.4 Å². The molecule has 1 unspecified atom stereocenters. The number of imide groups is 1. The monoisotopic (exact) mass is 308 g/mol. The van der Waals surface area contributed by atoms with Gasteiger partial charge in [0.1, 0.15) is 12.1 Å². The van der Waals surface area contributed by atoms with Gasteiger partial charge in [0.15, 0.2) is 0 Å². The molecule has 1 aliphatic heterocycles. The van der Waals surface area contributed by atoms with Crippen LogP contribution in [0.5, 0.6) is 0 Å². The molecule has 3 aliphatic rings. The Bertz CT molecular complexity index is 497. The summed E-state index contributed by atoms with van der Waals surface area (Å²) in [6.07, 6.45) is 5.40. The molecule has 2 saturated carbocycles. The van der Waals surface area contributed by atoms with E-state index in [4.69, 9.17) is 5.73 Å². The predicted molar refractivity (Wildman–Crippen MR) is 79.7 cm³/mol. The minimum absolute atomic E-state index is 0.0999. The number of carbonyl (C=O) groups excluding carboxylic acids is 3. The first-order valence-electron chi connectivity index (χ1n) is 8.09. The number of nitrogens with two attached hydrogens (primary N) is 1. The fraction of sp³-hybridized carbons (Fsp3) is 0.800. The molecule has 4 amide bonds. The van der Waals surface area contributed by atoms with E-state index in [0.29, 0.717) is 0 Å². The summed E-state index contributed by atoms with van der Waals surface area (Å²) in [5.74, 6) is -0.346. The summed E-state index contributed by atoms with van der Waals surface area (Å²) in [5.41, 5.74) is 5.02. The number of amides is 4. The lowest BCUT2D eigenvalue weighted by molar-refractivity contribution is -0.135. The number of carbonyl (C=O) groups is 3. The van der Waals surface area contributed by atoms with E-state index in [2.05, 4.69) is 10.6 Å². The van der Waals surface area contributed by atoms with Gasteiger partial charge in [0.25, 0.3) is 5.91 Å². The van der Waals surface area contributed by atoms with Crippen molar-refractivity contribution in [1.82, 2.24) is 15.5 Å². The van der Waals surface area contributed by atoms with E-state index in [1.165, 1.54) is 0 Å². The molecule has 1 saturated heterocycles. The predicted octanol–water partition coefficient (Wildman–Crippen LogP) is 0.0930. The van der Waals surface area contributed by atoms with Crippen molar-refractivity contribution in [2.75, 3.05) is 6.54 Å². The van der Waals surface area contributed by atoms with E-state index < -0.39 is 11.6 Å². The van der Waals surface area contributed by atoms with Crippen molar-refractivity contribution in [1.29, 1.82) is 0 Å². The van der Waals surface area contributed by atoms with Crippen molar-refractivity contribution < 1.29 is 14.4 Å². The average molecular weight is 308 g/mol. The third-order valence-electron chi connectivity index (χ3n) is 5.13. The lowest BCUT2D eigenvalue weighted by Crippen LogP contribution is -2.48. The summed E-state index contributed by atoms with van der Waals surface area (Å²) >= 11 is 0. The molecule has 2 aliphatic carbocycles. The zero-order chi connectivity index (χ0) is 15.9. The third kappa shape index (κ3) is 2.82. The van der Waals surface area contributed by atoms with Crippen LogP contribution >= 0.6 is 0 Å². The van der Waals surface area contributed by atoms with Gasteiger partial charge in [-0.05, 0) is 51.4 Å². The van der Waals surface area contributed by atoms with E-state index in [1.807, 2.05) is 0 Å². The molecule has 3 rings (SSSR count). The Morgan fingerprint density at radius 1 is 1.27 bits per heavy atom. The molecular formula is C15H24N4O3. The quantitative estimate of drug-likeness (QED) is 0.640. The zero-order valence-corrected chi connectivity index (χ0v) is 12.9. The van der Waals surface area contributed by atoms with Crippen LogP contribution in [0.15, 0.2) is 0 Å². The van der Waals surface area contributed by atoms with Crippen molar-refractivity contribution in [2.45, 2.75) is 63.1 Å². The average Bonchev–Trinajstić information content (AvgIpc) is 3.28. The summed E-state index contributed by atoms with van der Waals surface area (Å²) in [6, 6.07) is -0.138. The second-order valence-electron chi connectivity index (χ2n) is 6.98. The van der Waals surface area contributed by atoms with Gasteiger partial charge in [-0.3, -0.25) is 14.5 Å². The lowest BCUT2D eigenvalue weighted by atomic mass is 9.92. The minimum Gasteiger partial charge on any atom is -0.352 e. The normalized spacial score (nSPS) is 35.5. The zero-order valence-electron chi connectivity index (χ0n) is 12.9. The van der Waals surface area contributed by atoms with Gasteiger partial charge in [-0.15, -0.1) is 0 Å². The lowest BCUT2D eigenvalue weighted by Gasteiger charge is -2.27. The van der Waals surface area contributed by atoms with Gasteiger partial charge in [-0.1, -0.05) is 0 Å². The van der Waals surface area contributed by atoms with E-state index in [1.54, 1.807) is 6.92 Å². The van der Waals surface area contributed by atoms with Crippen LogP contribution in [0.2, 0.25) is 0 Å². The summed E-state index contributed by atoms with van der Waals surface area (Å²) in [4.78, 5) is 37.6. The van der Waals surface area contributed by atoms with Crippen molar-refractivity contribution in [3.05, 3.63) is 0 Å². The number of hydrogen-bond donors (Lipinski definition) is 3. The second kappa shape index (κ2) is 5.53. The SMILES string of the molecule is CC1(C2CC2)NC(=O)N(CC(=O)NC2CCC(N)CC2)C1=O. The van der Waals surface area contributed by atoms with Crippen LogP contribution in [-0.2, 0) is 9.59 Å². The summed E-state index contributed by atoms with van der Waals surface area (Å²) in [6.45, 7) is 1.56. The van der Waals surface area contributed by atoms with Crippen LogP contribution in [0, 0.1) is 5.92 Å². The highest BCUT2D eigenvalue weighted by molar-refractivity contribution is 6.09. The highest BCUT2D eigenvalue weighted by Gasteiger charge is 2.56. The standard InChI is InChI=1S/C15H24N4O3/c1-15(9-2-3-9)13(21)19(14(22)18-15)8-12(20)17-11-6-4-10(16)5-7-11/h9-11H,2-8,16H2,1H3,(H,17,20)(H,18,22). The first kappa shape index (κ1) is 15.3. The van der Waals surface area contributed by atoms with Crippen LogP contribution in [0.25, 0.3) is 0 Å². The number of nitrogens with one attached hydrogen (secondary N) is 2. The Labute approximate surface area is 130 Å². The fourth-order valence-electron chi connectivity index (χ4n) is 3.48. The molecule has 0 aromatic rings. The van der Waals surface area contributed by atoms with Crippen molar-refractivity contribution in [2.24, 2.45) is 11.7 Å². The summed E-state index contributed by atoms with van der Waals surface area (Å²) in [7, 11) is 0. The molecule has 0 radical (unpaired) electrons. The minimum atomic E-state index is -0.824. The van der Waals surface area contributed by atoms with Crippen molar-refractivity contribution in [3.63, 3.8) is 0 Å². The number of nitrogens with zero attached hydrogens (tertiary/aromatic N) is 1. The molecule has 7 nitrogen and oxygen atoms in total. The highest BCUT2D eigenvalue weighted by Crippen LogP contribution is 2.42. The molecule has 0 aromatic heterocycles. The maximum atomic E-state index is 12.4. The molecule has 0 spiro atoms. The molecule has 0 aromatic carbocycles.